The van der Waals surface area contributed by atoms with Crippen molar-refractivity contribution in [3.05, 3.63) is 65.1 Å². The number of hydrogen-bond acceptors (Lipinski definition) is 3. The zero-order valence-electron chi connectivity index (χ0n) is 18.6. The van der Waals surface area contributed by atoms with Gasteiger partial charge >= 0.3 is 0 Å². The lowest BCUT2D eigenvalue weighted by atomic mass is 9.95. The summed E-state index contributed by atoms with van der Waals surface area (Å²) in [4.78, 5) is 6.97. The first kappa shape index (κ1) is 19.5. The Morgan fingerprint density at radius 1 is 1.03 bits per heavy atom. The van der Waals surface area contributed by atoms with Gasteiger partial charge in [0.05, 0.1) is 12.6 Å². The molecule has 0 radical (unpaired) electrons. The van der Waals surface area contributed by atoms with Gasteiger partial charge in [0.15, 0.2) is 0 Å². The van der Waals surface area contributed by atoms with Gasteiger partial charge in [-0.2, -0.15) is 0 Å². The van der Waals surface area contributed by atoms with Crippen LogP contribution in [0.1, 0.15) is 73.1 Å². The smallest absolute Gasteiger partial charge is 0.101 e. The molecule has 2 fully saturated rings. The summed E-state index contributed by atoms with van der Waals surface area (Å²) in [7, 11) is 0. The van der Waals surface area contributed by atoms with E-state index in [1.807, 2.05) is 12.4 Å². The molecule has 0 spiro atoms. The molecule has 2 unspecified atom stereocenters. The van der Waals surface area contributed by atoms with Crippen LogP contribution in [-0.4, -0.2) is 33.6 Å². The normalized spacial score (nSPS) is 22.7. The van der Waals surface area contributed by atoms with Crippen LogP contribution in [0.5, 0.6) is 0 Å². The van der Waals surface area contributed by atoms with E-state index in [-0.39, 0.29) is 6.10 Å². The second kappa shape index (κ2) is 8.07. The number of benzene rings is 1. The molecule has 31 heavy (non-hydrogen) atoms. The van der Waals surface area contributed by atoms with Gasteiger partial charge in [0.25, 0.3) is 0 Å². The van der Waals surface area contributed by atoms with Gasteiger partial charge in [-0.25, -0.2) is 0 Å². The van der Waals surface area contributed by atoms with Crippen molar-refractivity contribution in [1.82, 2.24) is 14.5 Å². The SMILES string of the molecule is Cc1ccc2c(c1)c1c(n2CC(OC2CCCC2)c2ccncc2)CCN2CCCC12. The summed E-state index contributed by atoms with van der Waals surface area (Å²) in [6.45, 7) is 5.56. The van der Waals surface area contributed by atoms with Gasteiger partial charge in [-0.15, -0.1) is 0 Å². The van der Waals surface area contributed by atoms with E-state index in [1.165, 1.54) is 73.6 Å². The van der Waals surface area contributed by atoms with Crippen molar-refractivity contribution in [2.24, 2.45) is 0 Å². The molecule has 1 aromatic carbocycles. The first-order valence-corrected chi connectivity index (χ1v) is 12.2. The third-order valence-electron chi connectivity index (χ3n) is 7.79. The van der Waals surface area contributed by atoms with Crippen molar-refractivity contribution in [1.29, 1.82) is 0 Å². The van der Waals surface area contributed by atoms with Crippen LogP contribution in [0.15, 0.2) is 42.7 Å². The molecular formula is C27H33N3O. The summed E-state index contributed by atoms with van der Waals surface area (Å²) in [6.07, 6.45) is 13.0. The number of aryl methyl sites for hydroxylation is 1. The molecule has 6 rings (SSSR count). The second-order valence-corrected chi connectivity index (χ2v) is 9.75. The molecule has 1 saturated heterocycles. The molecule has 2 atom stereocenters. The number of fused-ring (bicyclic) bond motifs is 5. The number of hydrogen-bond donors (Lipinski definition) is 0. The van der Waals surface area contributed by atoms with Crippen LogP contribution < -0.4 is 0 Å². The molecule has 162 valence electrons. The Morgan fingerprint density at radius 3 is 2.71 bits per heavy atom. The van der Waals surface area contributed by atoms with Gasteiger partial charge < -0.3 is 9.30 Å². The molecule has 3 aromatic rings. The van der Waals surface area contributed by atoms with E-state index in [2.05, 4.69) is 51.7 Å². The zero-order valence-corrected chi connectivity index (χ0v) is 18.6. The molecule has 2 aromatic heterocycles. The first-order chi connectivity index (χ1) is 15.3. The van der Waals surface area contributed by atoms with Crippen LogP contribution in [0.25, 0.3) is 10.9 Å². The lowest BCUT2D eigenvalue weighted by Gasteiger charge is -2.31. The number of nitrogens with zero attached hydrogens (tertiary/aromatic N) is 3. The lowest BCUT2D eigenvalue weighted by Crippen LogP contribution is -2.32. The highest BCUT2D eigenvalue weighted by Crippen LogP contribution is 2.44. The van der Waals surface area contributed by atoms with Crippen molar-refractivity contribution in [2.75, 3.05) is 13.1 Å². The van der Waals surface area contributed by atoms with Crippen LogP contribution in [0, 0.1) is 6.92 Å². The predicted molar refractivity (Wildman–Crippen MR) is 124 cm³/mol. The Morgan fingerprint density at radius 2 is 1.87 bits per heavy atom. The van der Waals surface area contributed by atoms with Crippen molar-refractivity contribution >= 4 is 10.9 Å². The topological polar surface area (TPSA) is 30.3 Å². The first-order valence-electron chi connectivity index (χ1n) is 12.2. The molecule has 4 nitrogen and oxygen atoms in total. The van der Waals surface area contributed by atoms with E-state index >= 15 is 0 Å². The molecule has 2 aliphatic heterocycles. The Labute approximate surface area is 185 Å². The average Bonchev–Trinajstić information content (AvgIpc) is 3.53. The van der Waals surface area contributed by atoms with Gasteiger partial charge in [0, 0.05) is 48.0 Å². The second-order valence-electron chi connectivity index (χ2n) is 9.75. The maximum Gasteiger partial charge on any atom is 0.101 e. The monoisotopic (exact) mass is 415 g/mol. The fourth-order valence-electron chi connectivity index (χ4n) is 6.30. The number of aromatic nitrogens is 2. The fraction of sp³-hybridized carbons (Fsp3) is 0.519. The highest BCUT2D eigenvalue weighted by molar-refractivity contribution is 5.87. The third-order valence-corrected chi connectivity index (χ3v) is 7.79. The average molecular weight is 416 g/mol. The lowest BCUT2D eigenvalue weighted by molar-refractivity contribution is -0.0183. The number of pyridine rings is 1. The van der Waals surface area contributed by atoms with Crippen molar-refractivity contribution in [3.63, 3.8) is 0 Å². The van der Waals surface area contributed by atoms with Crippen LogP contribution in [0.3, 0.4) is 0 Å². The predicted octanol–water partition coefficient (Wildman–Crippen LogP) is 5.74. The molecule has 0 N–H and O–H groups in total. The molecular weight excluding hydrogens is 382 g/mol. The van der Waals surface area contributed by atoms with E-state index in [0.717, 1.165) is 13.0 Å². The van der Waals surface area contributed by atoms with Gasteiger partial charge in [-0.05, 0) is 74.5 Å². The van der Waals surface area contributed by atoms with E-state index in [0.29, 0.717) is 12.1 Å². The highest BCUT2D eigenvalue weighted by atomic mass is 16.5. The van der Waals surface area contributed by atoms with E-state index in [4.69, 9.17) is 4.74 Å². The Kier molecular flexibility index (Phi) is 5.08. The summed E-state index contributed by atoms with van der Waals surface area (Å²) < 4.78 is 9.37. The van der Waals surface area contributed by atoms with Crippen molar-refractivity contribution in [2.45, 2.75) is 76.7 Å². The molecule has 1 aliphatic carbocycles. The highest BCUT2D eigenvalue weighted by Gasteiger charge is 2.36. The van der Waals surface area contributed by atoms with Crippen LogP contribution in [0.2, 0.25) is 0 Å². The maximum absolute atomic E-state index is 6.76. The van der Waals surface area contributed by atoms with Crippen molar-refractivity contribution in [3.8, 4) is 0 Å². The van der Waals surface area contributed by atoms with E-state index < -0.39 is 0 Å². The van der Waals surface area contributed by atoms with E-state index in [9.17, 15) is 0 Å². The Balaban J connectivity index is 1.44. The Hall–Kier alpha value is -2.17. The standard InChI is InChI=1S/C27H33N3O/c1-19-8-9-23-22(17-19)27-24-7-4-15-29(24)16-12-25(27)30(23)18-26(20-10-13-28-14-11-20)31-21-5-2-3-6-21/h8-11,13-14,17,21,24,26H,2-7,12,15-16,18H2,1H3. The van der Waals surface area contributed by atoms with Gasteiger partial charge in [0.1, 0.15) is 6.10 Å². The largest absolute Gasteiger partial charge is 0.368 e. The quantitative estimate of drug-likeness (QED) is 0.532. The third kappa shape index (κ3) is 3.50. The van der Waals surface area contributed by atoms with Crippen molar-refractivity contribution < 1.29 is 4.74 Å². The Bertz CT molecular complexity index is 1070. The summed E-state index contributed by atoms with van der Waals surface area (Å²) >= 11 is 0. The number of ether oxygens (including phenoxy) is 1. The fourth-order valence-corrected chi connectivity index (χ4v) is 6.30. The minimum absolute atomic E-state index is 0.0775. The van der Waals surface area contributed by atoms with Gasteiger partial charge in [-0.1, -0.05) is 24.5 Å². The van der Waals surface area contributed by atoms with Gasteiger partial charge in [-0.3, -0.25) is 9.88 Å². The summed E-state index contributed by atoms with van der Waals surface area (Å²) in [6, 6.07) is 11.9. The van der Waals surface area contributed by atoms with Crippen LogP contribution >= 0.6 is 0 Å². The molecule has 4 heteroatoms. The van der Waals surface area contributed by atoms with Gasteiger partial charge in [0.2, 0.25) is 0 Å². The summed E-state index contributed by atoms with van der Waals surface area (Å²) in [5.74, 6) is 0. The minimum atomic E-state index is 0.0775. The molecule has 0 bridgehead atoms. The number of rotatable bonds is 5. The molecule has 0 amide bonds. The van der Waals surface area contributed by atoms with Crippen LogP contribution in [-0.2, 0) is 17.7 Å². The molecule has 1 saturated carbocycles. The summed E-state index contributed by atoms with van der Waals surface area (Å²) in [5, 5.41) is 1.47. The summed E-state index contributed by atoms with van der Waals surface area (Å²) in [5.41, 5.74) is 7.16. The zero-order chi connectivity index (χ0) is 20.8. The van der Waals surface area contributed by atoms with E-state index in [1.54, 1.807) is 11.3 Å². The molecule has 3 aliphatic rings. The van der Waals surface area contributed by atoms with Crippen LogP contribution in [0.4, 0.5) is 0 Å². The maximum atomic E-state index is 6.76. The molecule has 4 heterocycles. The minimum Gasteiger partial charge on any atom is -0.368 e.